The first-order valence-electron chi connectivity index (χ1n) is 16.6. The van der Waals surface area contributed by atoms with Crippen LogP contribution in [0.2, 0.25) is 0 Å². The SMILES string of the molecule is Cc1cc(C)c(C(=O)P(=O)(c2ccccc2)c2ccccc2)c(C)c1.Cc1ccc(P(=O)(C(=O)c2ccccc2)c2ccccc2)c(C)c1C. The molecule has 0 fully saturated rings. The van der Waals surface area contributed by atoms with Gasteiger partial charge in [0.25, 0.3) is 0 Å². The largest absolute Gasteiger partial charge is 0.305 e. The summed E-state index contributed by atoms with van der Waals surface area (Å²) in [5, 5.41) is 2.36. The Labute approximate surface area is 296 Å². The molecule has 0 bridgehead atoms. The first kappa shape index (κ1) is 36.4. The lowest BCUT2D eigenvalue weighted by Gasteiger charge is -2.21. The molecule has 0 N–H and O–H groups in total. The summed E-state index contributed by atoms with van der Waals surface area (Å²) in [6.45, 7) is 11.8. The second kappa shape index (κ2) is 15.3. The maximum atomic E-state index is 14.3. The Balaban J connectivity index is 0.000000194. The number of benzene rings is 6. The zero-order valence-electron chi connectivity index (χ0n) is 29.4. The highest BCUT2D eigenvalue weighted by molar-refractivity contribution is 7.94. The summed E-state index contributed by atoms with van der Waals surface area (Å²) in [7, 11) is -6.91. The molecular weight excluding hydrogens is 654 g/mol. The van der Waals surface area contributed by atoms with Crippen molar-refractivity contribution in [1.82, 2.24) is 0 Å². The maximum absolute atomic E-state index is 14.3. The van der Waals surface area contributed by atoms with Gasteiger partial charge in [-0.1, -0.05) is 151 Å². The topological polar surface area (TPSA) is 68.3 Å². The molecule has 0 aliphatic rings. The zero-order chi connectivity index (χ0) is 36.1. The van der Waals surface area contributed by atoms with Crippen LogP contribution in [0.25, 0.3) is 0 Å². The molecule has 0 heterocycles. The van der Waals surface area contributed by atoms with Crippen molar-refractivity contribution in [3.63, 3.8) is 0 Å². The van der Waals surface area contributed by atoms with Crippen LogP contribution in [0.4, 0.5) is 0 Å². The predicted octanol–water partition coefficient (Wildman–Crippen LogP) is 9.53. The summed E-state index contributed by atoms with van der Waals surface area (Å²) in [6, 6.07) is 43.9. The minimum Gasteiger partial charge on any atom is -0.305 e. The van der Waals surface area contributed by atoms with Crippen molar-refractivity contribution >= 4 is 46.6 Å². The predicted molar refractivity (Wildman–Crippen MR) is 209 cm³/mol. The molecule has 0 saturated carbocycles. The Morgan fingerprint density at radius 3 is 1.26 bits per heavy atom. The first-order chi connectivity index (χ1) is 23.9. The highest BCUT2D eigenvalue weighted by atomic mass is 31.2. The Bertz CT molecular complexity index is 2180. The lowest BCUT2D eigenvalue weighted by atomic mass is 10.0. The molecule has 0 aliphatic heterocycles. The van der Waals surface area contributed by atoms with Gasteiger partial charge in [-0.3, -0.25) is 9.59 Å². The van der Waals surface area contributed by atoms with Crippen molar-refractivity contribution in [2.24, 2.45) is 0 Å². The minimum absolute atomic E-state index is 0.292. The molecule has 0 radical (unpaired) electrons. The number of carbonyl (C=O) groups is 2. The number of hydrogen-bond acceptors (Lipinski definition) is 4. The van der Waals surface area contributed by atoms with Gasteiger partial charge in [0.2, 0.25) is 25.3 Å². The second-order valence-electron chi connectivity index (χ2n) is 12.6. The normalized spacial score (nSPS) is 12.3. The van der Waals surface area contributed by atoms with E-state index in [4.69, 9.17) is 0 Å². The van der Waals surface area contributed by atoms with E-state index in [0.29, 0.717) is 32.3 Å². The smallest absolute Gasteiger partial charge is 0.230 e. The molecule has 6 aromatic carbocycles. The summed E-state index contributed by atoms with van der Waals surface area (Å²) < 4.78 is 28.4. The molecular formula is C44H42O4P2. The van der Waals surface area contributed by atoms with E-state index in [2.05, 4.69) is 0 Å². The van der Waals surface area contributed by atoms with Gasteiger partial charge in [0.15, 0.2) is 0 Å². The van der Waals surface area contributed by atoms with Crippen LogP contribution >= 0.6 is 14.3 Å². The molecule has 252 valence electrons. The van der Waals surface area contributed by atoms with E-state index < -0.39 is 14.3 Å². The van der Waals surface area contributed by atoms with Gasteiger partial charge in [0.1, 0.15) is 0 Å². The van der Waals surface area contributed by atoms with Crippen molar-refractivity contribution in [3.05, 3.63) is 190 Å². The molecule has 1 atom stereocenters. The fourth-order valence-corrected chi connectivity index (χ4v) is 11.8. The van der Waals surface area contributed by atoms with Gasteiger partial charge in [0, 0.05) is 32.3 Å². The van der Waals surface area contributed by atoms with Crippen LogP contribution in [0.1, 0.15) is 54.1 Å². The lowest BCUT2D eigenvalue weighted by molar-refractivity contribution is 0.107. The van der Waals surface area contributed by atoms with Crippen LogP contribution < -0.4 is 21.2 Å². The Morgan fingerprint density at radius 1 is 0.420 bits per heavy atom. The molecule has 1 unspecified atom stereocenters. The highest BCUT2D eigenvalue weighted by Gasteiger charge is 2.39. The summed E-state index contributed by atoms with van der Waals surface area (Å²) in [5.41, 5.74) is 6.42. The fourth-order valence-electron chi connectivity index (χ4n) is 6.38. The van der Waals surface area contributed by atoms with E-state index >= 15 is 0 Å². The molecule has 0 aliphatic carbocycles. The van der Waals surface area contributed by atoms with Crippen molar-refractivity contribution in [3.8, 4) is 0 Å². The third kappa shape index (κ3) is 7.06. The number of rotatable bonds is 8. The molecule has 50 heavy (non-hydrogen) atoms. The van der Waals surface area contributed by atoms with Crippen molar-refractivity contribution in [1.29, 1.82) is 0 Å². The van der Waals surface area contributed by atoms with Crippen LogP contribution in [-0.4, -0.2) is 11.0 Å². The van der Waals surface area contributed by atoms with E-state index in [0.717, 1.165) is 33.4 Å². The van der Waals surface area contributed by atoms with Crippen LogP contribution in [0.15, 0.2) is 146 Å². The van der Waals surface area contributed by atoms with Crippen LogP contribution in [0.5, 0.6) is 0 Å². The number of carbonyl (C=O) groups excluding carboxylic acids is 2. The van der Waals surface area contributed by atoms with E-state index in [-0.39, 0.29) is 11.0 Å². The monoisotopic (exact) mass is 696 g/mol. The molecule has 0 amide bonds. The van der Waals surface area contributed by atoms with E-state index in [9.17, 15) is 18.7 Å². The molecule has 6 heteroatoms. The summed E-state index contributed by atoms with van der Waals surface area (Å²) in [5.74, 6) is 0. The van der Waals surface area contributed by atoms with Gasteiger partial charge < -0.3 is 9.13 Å². The molecule has 4 nitrogen and oxygen atoms in total. The highest BCUT2D eigenvalue weighted by Crippen LogP contribution is 2.49. The average Bonchev–Trinajstić information content (AvgIpc) is 3.14. The summed E-state index contributed by atoms with van der Waals surface area (Å²) in [6.07, 6.45) is 0. The zero-order valence-corrected chi connectivity index (χ0v) is 31.2. The van der Waals surface area contributed by atoms with Gasteiger partial charge in [-0.05, 0) is 69.4 Å². The molecule has 0 saturated heterocycles. The number of aryl methyl sites for hydroxylation is 4. The van der Waals surface area contributed by atoms with Gasteiger partial charge >= 0.3 is 0 Å². The Kier molecular flexibility index (Phi) is 11.2. The third-order valence-corrected chi connectivity index (χ3v) is 15.1. The van der Waals surface area contributed by atoms with E-state index in [1.807, 2.05) is 126 Å². The molecule has 0 aromatic heterocycles. The third-order valence-electron chi connectivity index (χ3n) is 9.21. The van der Waals surface area contributed by atoms with Gasteiger partial charge in [-0.2, -0.15) is 0 Å². The average molecular weight is 697 g/mol. The lowest BCUT2D eigenvalue weighted by Crippen LogP contribution is -2.25. The Hall–Kier alpha value is -4.88. The summed E-state index contributed by atoms with van der Waals surface area (Å²) >= 11 is 0. The van der Waals surface area contributed by atoms with Gasteiger partial charge in [-0.15, -0.1) is 0 Å². The molecule has 0 spiro atoms. The standard InChI is InChI=1S/2C22H21O2P/c1-16-14-17(2)21(18(3)15-16)22(23)25(24,19-10-6-4-7-11-19)20-12-8-5-9-13-20;1-16-14-15-21(18(3)17(16)2)25(24,20-12-8-5-9-13-20)22(23)19-10-6-4-7-11-19/h2*4-15H,1-3H3. The van der Waals surface area contributed by atoms with Crippen molar-refractivity contribution in [2.75, 3.05) is 0 Å². The first-order valence-corrected chi connectivity index (χ1v) is 20.0. The maximum Gasteiger partial charge on any atom is 0.230 e. The van der Waals surface area contributed by atoms with Gasteiger partial charge in [-0.25, -0.2) is 0 Å². The minimum atomic E-state index is -3.46. The van der Waals surface area contributed by atoms with E-state index in [1.54, 1.807) is 60.7 Å². The quantitative estimate of drug-likeness (QED) is 0.149. The Morgan fingerprint density at radius 2 is 0.820 bits per heavy atom. The van der Waals surface area contributed by atoms with Crippen molar-refractivity contribution in [2.45, 2.75) is 41.5 Å². The van der Waals surface area contributed by atoms with Gasteiger partial charge in [0.05, 0.1) is 0 Å². The second-order valence-corrected chi connectivity index (χ2v) is 17.9. The molecule has 6 rings (SSSR count). The molecule has 6 aromatic rings. The van der Waals surface area contributed by atoms with Crippen LogP contribution in [0.3, 0.4) is 0 Å². The van der Waals surface area contributed by atoms with E-state index in [1.165, 1.54) is 0 Å². The van der Waals surface area contributed by atoms with Crippen LogP contribution in [-0.2, 0) is 9.13 Å². The summed E-state index contributed by atoms with van der Waals surface area (Å²) in [4.78, 5) is 26.9. The van der Waals surface area contributed by atoms with Crippen LogP contribution in [0, 0.1) is 41.5 Å². The van der Waals surface area contributed by atoms with Crippen molar-refractivity contribution < 1.29 is 18.7 Å². The number of hydrogen-bond donors (Lipinski definition) is 0. The fraction of sp³-hybridized carbons (Fsp3) is 0.136.